The molecule has 7 heteroatoms. The lowest BCUT2D eigenvalue weighted by Gasteiger charge is -2.20. The zero-order chi connectivity index (χ0) is 14.8. The molecule has 0 saturated carbocycles. The van der Waals surface area contributed by atoms with Crippen molar-refractivity contribution >= 4 is 15.9 Å². The van der Waals surface area contributed by atoms with Gasteiger partial charge in [-0.05, 0) is 30.2 Å². The Morgan fingerprint density at radius 3 is 2.85 bits per heavy atom. The molecular formula is C13H19N3O3S. The first-order valence-corrected chi connectivity index (χ1v) is 7.91. The molecule has 0 aliphatic carbocycles. The number of hydrogen-bond acceptors (Lipinski definition) is 4. The van der Waals surface area contributed by atoms with Gasteiger partial charge in [0.1, 0.15) is 0 Å². The number of nitrogens with one attached hydrogen (secondary N) is 2. The van der Waals surface area contributed by atoms with E-state index in [0.29, 0.717) is 13.0 Å². The topological polar surface area (TPSA) is 78.5 Å². The van der Waals surface area contributed by atoms with Crippen molar-refractivity contribution in [3.05, 3.63) is 29.3 Å². The van der Waals surface area contributed by atoms with Crippen molar-refractivity contribution in [3.8, 4) is 0 Å². The maximum Gasteiger partial charge on any atom is 0.241 e. The fourth-order valence-electron chi connectivity index (χ4n) is 2.14. The Morgan fingerprint density at radius 1 is 1.40 bits per heavy atom. The highest BCUT2D eigenvalue weighted by molar-refractivity contribution is 7.89. The summed E-state index contributed by atoms with van der Waals surface area (Å²) < 4.78 is 27.0. The van der Waals surface area contributed by atoms with E-state index in [-0.39, 0.29) is 17.3 Å². The highest BCUT2D eigenvalue weighted by atomic mass is 32.2. The lowest BCUT2D eigenvalue weighted by atomic mass is 10.0. The first-order valence-electron chi connectivity index (χ1n) is 6.43. The highest BCUT2D eigenvalue weighted by Gasteiger charge is 2.22. The van der Waals surface area contributed by atoms with Gasteiger partial charge in [-0.25, -0.2) is 13.1 Å². The molecule has 1 aliphatic heterocycles. The van der Waals surface area contributed by atoms with Crippen molar-refractivity contribution in [2.75, 3.05) is 27.2 Å². The Bertz CT molecular complexity index is 611. The smallest absolute Gasteiger partial charge is 0.241 e. The highest BCUT2D eigenvalue weighted by Crippen LogP contribution is 2.22. The first-order chi connectivity index (χ1) is 9.42. The second-order valence-corrected chi connectivity index (χ2v) is 6.67. The van der Waals surface area contributed by atoms with Crippen LogP contribution in [0.25, 0.3) is 0 Å². The zero-order valence-corrected chi connectivity index (χ0v) is 12.5. The lowest BCUT2D eigenvalue weighted by molar-refractivity contribution is -0.127. The van der Waals surface area contributed by atoms with Gasteiger partial charge in [-0.1, -0.05) is 12.1 Å². The van der Waals surface area contributed by atoms with Crippen molar-refractivity contribution in [1.82, 2.24) is 14.9 Å². The van der Waals surface area contributed by atoms with Crippen LogP contribution in [0.5, 0.6) is 0 Å². The molecule has 0 radical (unpaired) electrons. The van der Waals surface area contributed by atoms with Gasteiger partial charge >= 0.3 is 0 Å². The molecule has 2 rings (SSSR count). The normalized spacial score (nSPS) is 14.7. The molecule has 0 fully saturated rings. The van der Waals surface area contributed by atoms with Gasteiger partial charge in [-0.3, -0.25) is 4.79 Å². The number of carbonyl (C=O) groups is 1. The van der Waals surface area contributed by atoms with E-state index in [1.54, 1.807) is 26.2 Å². The van der Waals surface area contributed by atoms with Crippen LogP contribution in [0, 0.1) is 0 Å². The van der Waals surface area contributed by atoms with E-state index in [9.17, 15) is 13.2 Å². The monoisotopic (exact) mass is 297 g/mol. The molecule has 6 nitrogen and oxygen atoms in total. The first kappa shape index (κ1) is 15.0. The standard InChI is InChI=1S/C13H19N3O3S/c1-16(2)13(17)9-15-20(18,19)12-5-3-4-10-8-14-7-6-11(10)12/h3-5,14-15H,6-9H2,1-2H3. The van der Waals surface area contributed by atoms with Gasteiger partial charge in [0.15, 0.2) is 0 Å². The van der Waals surface area contributed by atoms with E-state index in [4.69, 9.17) is 0 Å². The van der Waals surface area contributed by atoms with E-state index in [1.807, 2.05) is 6.07 Å². The fourth-order valence-corrected chi connectivity index (χ4v) is 3.43. The molecule has 2 N–H and O–H groups in total. The molecule has 20 heavy (non-hydrogen) atoms. The van der Waals surface area contributed by atoms with Crippen LogP contribution in [-0.2, 0) is 27.8 Å². The van der Waals surface area contributed by atoms with Crippen LogP contribution in [0.3, 0.4) is 0 Å². The van der Waals surface area contributed by atoms with Crippen molar-refractivity contribution in [2.24, 2.45) is 0 Å². The molecule has 0 spiro atoms. The van der Waals surface area contributed by atoms with Gasteiger partial charge in [-0.2, -0.15) is 0 Å². The van der Waals surface area contributed by atoms with E-state index in [1.165, 1.54) is 4.90 Å². The summed E-state index contributed by atoms with van der Waals surface area (Å²) in [7, 11) is -0.476. The van der Waals surface area contributed by atoms with E-state index in [2.05, 4.69) is 10.0 Å². The van der Waals surface area contributed by atoms with Gasteiger partial charge < -0.3 is 10.2 Å². The summed E-state index contributed by atoms with van der Waals surface area (Å²) in [4.78, 5) is 13.1. The van der Waals surface area contributed by atoms with Gasteiger partial charge in [0.2, 0.25) is 15.9 Å². The number of benzene rings is 1. The van der Waals surface area contributed by atoms with Crippen LogP contribution >= 0.6 is 0 Å². The summed E-state index contributed by atoms with van der Waals surface area (Å²) >= 11 is 0. The van der Waals surface area contributed by atoms with Crippen molar-refractivity contribution in [2.45, 2.75) is 17.9 Å². The average molecular weight is 297 g/mol. The molecule has 1 aromatic carbocycles. The number of fused-ring (bicyclic) bond motifs is 1. The van der Waals surface area contributed by atoms with Crippen LogP contribution < -0.4 is 10.0 Å². The Morgan fingerprint density at radius 2 is 2.15 bits per heavy atom. The molecule has 1 heterocycles. The van der Waals surface area contributed by atoms with Crippen LogP contribution in [0.1, 0.15) is 11.1 Å². The number of sulfonamides is 1. The quantitative estimate of drug-likeness (QED) is 0.800. The Labute approximate surface area is 119 Å². The Balaban J connectivity index is 2.24. The second kappa shape index (κ2) is 5.90. The second-order valence-electron chi connectivity index (χ2n) is 4.93. The summed E-state index contributed by atoms with van der Waals surface area (Å²) in [5.74, 6) is -0.278. The minimum absolute atomic E-state index is 0.225. The van der Waals surface area contributed by atoms with Crippen LogP contribution in [-0.4, -0.2) is 46.4 Å². The average Bonchev–Trinajstić information content (AvgIpc) is 2.44. The lowest BCUT2D eigenvalue weighted by Crippen LogP contribution is -2.37. The molecular weight excluding hydrogens is 278 g/mol. The molecule has 110 valence electrons. The number of carbonyl (C=O) groups excluding carboxylic acids is 1. The minimum Gasteiger partial charge on any atom is -0.348 e. The van der Waals surface area contributed by atoms with Crippen molar-refractivity contribution in [3.63, 3.8) is 0 Å². The fraction of sp³-hybridized carbons (Fsp3) is 0.462. The van der Waals surface area contributed by atoms with E-state index in [0.717, 1.165) is 17.7 Å². The summed E-state index contributed by atoms with van der Waals surface area (Å²) in [6, 6.07) is 5.24. The Hall–Kier alpha value is -1.44. The number of hydrogen-bond donors (Lipinski definition) is 2. The number of likely N-dealkylation sites (N-methyl/N-ethyl adjacent to an activating group) is 1. The van der Waals surface area contributed by atoms with Gasteiger partial charge in [-0.15, -0.1) is 0 Å². The van der Waals surface area contributed by atoms with E-state index >= 15 is 0 Å². The molecule has 0 unspecified atom stereocenters. The van der Waals surface area contributed by atoms with Crippen LogP contribution in [0.15, 0.2) is 23.1 Å². The van der Waals surface area contributed by atoms with E-state index < -0.39 is 10.0 Å². The summed E-state index contributed by atoms with van der Waals surface area (Å²) in [5.41, 5.74) is 1.84. The SMILES string of the molecule is CN(C)C(=O)CNS(=O)(=O)c1cccc2c1CCNC2. The molecule has 0 bridgehead atoms. The van der Waals surface area contributed by atoms with Gasteiger partial charge in [0.25, 0.3) is 0 Å². The molecule has 1 aliphatic rings. The maximum atomic E-state index is 12.3. The Kier molecular flexibility index (Phi) is 4.42. The molecule has 0 saturated heterocycles. The maximum absolute atomic E-state index is 12.3. The molecule has 0 atom stereocenters. The molecule has 1 aromatic rings. The van der Waals surface area contributed by atoms with Crippen LogP contribution in [0.4, 0.5) is 0 Å². The van der Waals surface area contributed by atoms with Gasteiger partial charge in [0, 0.05) is 20.6 Å². The molecule has 1 amide bonds. The molecule has 0 aromatic heterocycles. The van der Waals surface area contributed by atoms with Crippen molar-refractivity contribution in [1.29, 1.82) is 0 Å². The van der Waals surface area contributed by atoms with Crippen molar-refractivity contribution < 1.29 is 13.2 Å². The third-order valence-corrected chi connectivity index (χ3v) is 4.78. The predicted octanol–water partition coefficient (Wildman–Crippen LogP) is -0.301. The summed E-state index contributed by atoms with van der Waals surface area (Å²) in [5, 5.41) is 3.21. The summed E-state index contributed by atoms with van der Waals surface area (Å²) in [6.45, 7) is 1.21. The van der Waals surface area contributed by atoms with Crippen LogP contribution in [0.2, 0.25) is 0 Å². The number of rotatable bonds is 4. The predicted molar refractivity (Wildman–Crippen MR) is 75.7 cm³/mol. The largest absolute Gasteiger partial charge is 0.348 e. The number of amides is 1. The third kappa shape index (κ3) is 3.17. The third-order valence-electron chi connectivity index (χ3n) is 3.30. The zero-order valence-electron chi connectivity index (χ0n) is 11.6. The number of nitrogens with zero attached hydrogens (tertiary/aromatic N) is 1. The minimum atomic E-state index is -3.66. The summed E-state index contributed by atoms with van der Waals surface area (Å²) in [6.07, 6.45) is 0.675. The van der Waals surface area contributed by atoms with Gasteiger partial charge in [0.05, 0.1) is 11.4 Å².